The van der Waals surface area contributed by atoms with E-state index in [0.717, 1.165) is 31.6 Å². The minimum atomic E-state index is 0.0352. The van der Waals surface area contributed by atoms with Gasteiger partial charge in [-0.2, -0.15) is 0 Å². The Balaban J connectivity index is 1.94. The lowest BCUT2D eigenvalue weighted by Crippen LogP contribution is -2.22. The standard InChI is InChI=1S/C15H22N2O2/c1-16(2)15(19)14-5-3-12(4-6-14)9-17-8-7-13(10-17)11-18/h3-6,13,18H,7-11H2,1-2H3. The van der Waals surface area contributed by atoms with Crippen molar-refractivity contribution in [1.29, 1.82) is 0 Å². The van der Waals surface area contributed by atoms with E-state index in [9.17, 15) is 4.79 Å². The number of carbonyl (C=O) groups is 1. The van der Waals surface area contributed by atoms with Crippen LogP contribution in [0.5, 0.6) is 0 Å². The molecule has 1 aromatic rings. The maximum atomic E-state index is 11.8. The Morgan fingerprint density at radius 1 is 1.37 bits per heavy atom. The molecule has 1 fully saturated rings. The fraction of sp³-hybridized carbons (Fsp3) is 0.533. The van der Waals surface area contributed by atoms with Crippen LogP contribution in [0.2, 0.25) is 0 Å². The molecule has 4 nitrogen and oxygen atoms in total. The highest BCUT2D eigenvalue weighted by Crippen LogP contribution is 2.18. The Labute approximate surface area is 114 Å². The summed E-state index contributed by atoms with van der Waals surface area (Å²) in [6.07, 6.45) is 1.08. The number of hydrogen-bond acceptors (Lipinski definition) is 3. The lowest BCUT2D eigenvalue weighted by atomic mass is 10.1. The normalized spacial score (nSPS) is 19.6. The largest absolute Gasteiger partial charge is 0.396 e. The van der Waals surface area contributed by atoms with E-state index in [-0.39, 0.29) is 12.5 Å². The Hall–Kier alpha value is -1.39. The number of benzene rings is 1. The molecule has 1 saturated heterocycles. The Morgan fingerprint density at radius 3 is 2.58 bits per heavy atom. The van der Waals surface area contributed by atoms with E-state index in [0.29, 0.717) is 5.92 Å². The summed E-state index contributed by atoms with van der Waals surface area (Å²) in [6.45, 7) is 3.19. The predicted molar refractivity (Wildman–Crippen MR) is 74.9 cm³/mol. The molecule has 2 rings (SSSR count). The van der Waals surface area contributed by atoms with Crippen molar-refractivity contribution in [2.75, 3.05) is 33.8 Å². The third kappa shape index (κ3) is 3.55. The SMILES string of the molecule is CN(C)C(=O)c1ccc(CN2CCC(CO)C2)cc1. The maximum Gasteiger partial charge on any atom is 0.253 e. The van der Waals surface area contributed by atoms with Gasteiger partial charge in [0.05, 0.1) is 0 Å². The van der Waals surface area contributed by atoms with Crippen molar-refractivity contribution in [2.24, 2.45) is 5.92 Å². The van der Waals surface area contributed by atoms with Crippen molar-refractivity contribution in [3.8, 4) is 0 Å². The van der Waals surface area contributed by atoms with Gasteiger partial charge in [-0.1, -0.05) is 12.1 Å². The predicted octanol–water partition coefficient (Wildman–Crippen LogP) is 1.20. The second kappa shape index (κ2) is 6.17. The number of likely N-dealkylation sites (tertiary alicyclic amines) is 1. The van der Waals surface area contributed by atoms with Gasteiger partial charge in [-0.05, 0) is 36.6 Å². The van der Waals surface area contributed by atoms with Gasteiger partial charge >= 0.3 is 0 Å². The molecule has 1 aliphatic heterocycles. The van der Waals surface area contributed by atoms with Gasteiger partial charge in [0.15, 0.2) is 0 Å². The third-order valence-corrected chi connectivity index (χ3v) is 3.64. The molecule has 0 aromatic heterocycles. The number of nitrogens with zero attached hydrogens (tertiary/aromatic N) is 2. The number of amides is 1. The van der Waals surface area contributed by atoms with Crippen LogP contribution in [0, 0.1) is 5.92 Å². The zero-order valence-electron chi connectivity index (χ0n) is 11.7. The first-order valence-electron chi connectivity index (χ1n) is 6.74. The molecule has 1 aliphatic rings. The summed E-state index contributed by atoms with van der Waals surface area (Å²) in [5.41, 5.74) is 1.94. The molecule has 0 aliphatic carbocycles. The Morgan fingerprint density at radius 2 is 2.05 bits per heavy atom. The molecule has 1 atom stereocenters. The lowest BCUT2D eigenvalue weighted by molar-refractivity contribution is 0.0827. The van der Waals surface area contributed by atoms with E-state index in [1.54, 1.807) is 19.0 Å². The highest BCUT2D eigenvalue weighted by Gasteiger charge is 2.21. The average molecular weight is 262 g/mol. The van der Waals surface area contributed by atoms with Crippen LogP contribution in [0.4, 0.5) is 0 Å². The van der Waals surface area contributed by atoms with Crippen molar-refractivity contribution in [3.05, 3.63) is 35.4 Å². The molecule has 4 heteroatoms. The van der Waals surface area contributed by atoms with Gasteiger partial charge in [0.25, 0.3) is 5.91 Å². The molecule has 0 spiro atoms. The van der Waals surface area contributed by atoms with Gasteiger partial charge in [0.1, 0.15) is 0 Å². The number of carbonyl (C=O) groups excluding carboxylic acids is 1. The van der Waals surface area contributed by atoms with Crippen LogP contribution in [-0.2, 0) is 6.54 Å². The van der Waals surface area contributed by atoms with Gasteiger partial charge in [-0.15, -0.1) is 0 Å². The van der Waals surface area contributed by atoms with Crippen molar-refractivity contribution in [2.45, 2.75) is 13.0 Å². The molecule has 1 amide bonds. The van der Waals surface area contributed by atoms with Gasteiger partial charge in [-0.25, -0.2) is 0 Å². The highest BCUT2D eigenvalue weighted by molar-refractivity contribution is 5.93. The van der Waals surface area contributed by atoms with Crippen LogP contribution in [0.15, 0.2) is 24.3 Å². The van der Waals surface area contributed by atoms with E-state index in [1.165, 1.54) is 5.56 Å². The summed E-state index contributed by atoms with van der Waals surface area (Å²) in [7, 11) is 3.52. The number of aliphatic hydroxyl groups is 1. The maximum absolute atomic E-state index is 11.8. The Bertz CT molecular complexity index is 428. The van der Waals surface area contributed by atoms with E-state index in [2.05, 4.69) is 4.90 Å². The van der Waals surface area contributed by atoms with Crippen molar-refractivity contribution in [3.63, 3.8) is 0 Å². The van der Waals surface area contributed by atoms with E-state index < -0.39 is 0 Å². The number of rotatable bonds is 4. The van der Waals surface area contributed by atoms with Crippen molar-refractivity contribution >= 4 is 5.91 Å². The van der Waals surface area contributed by atoms with Crippen LogP contribution in [0.25, 0.3) is 0 Å². The lowest BCUT2D eigenvalue weighted by Gasteiger charge is -2.16. The van der Waals surface area contributed by atoms with Crippen molar-refractivity contribution in [1.82, 2.24) is 9.80 Å². The molecule has 19 heavy (non-hydrogen) atoms. The first kappa shape index (κ1) is 14.0. The number of hydrogen-bond donors (Lipinski definition) is 1. The summed E-state index contributed by atoms with van der Waals surface area (Å²) in [4.78, 5) is 15.7. The molecular formula is C15H22N2O2. The number of aliphatic hydroxyl groups excluding tert-OH is 1. The fourth-order valence-electron chi connectivity index (χ4n) is 2.47. The fourth-order valence-corrected chi connectivity index (χ4v) is 2.47. The molecule has 1 aromatic carbocycles. The molecule has 0 radical (unpaired) electrons. The minimum Gasteiger partial charge on any atom is -0.396 e. The molecule has 104 valence electrons. The molecule has 0 saturated carbocycles. The summed E-state index contributed by atoms with van der Waals surface area (Å²) >= 11 is 0. The third-order valence-electron chi connectivity index (χ3n) is 3.64. The van der Waals surface area contributed by atoms with Crippen LogP contribution < -0.4 is 0 Å². The topological polar surface area (TPSA) is 43.8 Å². The molecular weight excluding hydrogens is 240 g/mol. The Kier molecular flexibility index (Phi) is 4.56. The van der Waals surface area contributed by atoms with Crippen LogP contribution in [-0.4, -0.2) is 54.6 Å². The second-order valence-corrected chi connectivity index (χ2v) is 5.47. The van der Waals surface area contributed by atoms with Crippen LogP contribution in [0.3, 0.4) is 0 Å². The summed E-state index contributed by atoms with van der Waals surface area (Å²) < 4.78 is 0. The molecule has 1 unspecified atom stereocenters. The monoisotopic (exact) mass is 262 g/mol. The molecule has 1 heterocycles. The smallest absolute Gasteiger partial charge is 0.253 e. The average Bonchev–Trinajstić information content (AvgIpc) is 2.86. The summed E-state index contributed by atoms with van der Waals surface area (Å²) in [6, 6.07) is 7.81. The van der Waals surface area contributed by atoms with Gasteiger partial charge in [0, 0.05) is 39.4 Å². The van der Waals surface area contributed by atoms with Crippen molar-refractivity contribution < 1.29 is 9.90 Å². The zero-order chi connectivity index (χ0) is 13.8. The van der Waals surface area contributed by atoms with E-state index >= 15 is 0 Å². The first-order valence-corrected chi connectivity index (χ1v) is 6.74. The van der Waals surface area contributed by atoms with Gasteiger partial charge < -0.3 is 10.0 Å². The molecule has 0 bridgehead atoms. The van der Waals surface area contributed by atoms with Crippen LogP contribution >= 0.6 is 0 Å². The minimum absolute atomic E-state index is 0.0352. The van der Waals surface area contributed by atoms with E-state index in [1.807, 2.05) is 24.3 Å². The van der Waals surface area contributed by atoms with Crippen LogP contribution in [0.1, 0.15) is 22.3 Å². The van der Waals surface area contributed by atoms with Gasteiger partial charge in [0.2, 0.25) is 0 Å². The van der Waals surface area contributed by atoms with E-state index in [4.69, 9.17) is 5.11 Å². The highest BCUT2D eigenvalue weighted by atomic mass is 16.3. The molecule has 1 N–H and O–H groups in total. The summed E-state index contributed by atoms with van der Waals surface area (Å²) in [5, 5.41) is 9.13. The quantitative estimate of drug-likeness (QED) is 0.887. The first-order chi connectivity index (χ1) is 9.10. The van der Waals surface area contributed by atoms with Gasteiger partial charge in [-0.3, -0.25) is 9.69 Å². The summed E-state index contributed by atoms with van der Waals surface area (Å²) in [5.74, 6) is 0.461. The zero-order valence-corrected chi connectivity index (χ0v) is 11.7. The second-order valence-electron chi connectivity index (χ2n) is 5.47.